The molecule has 3 unspecified atom stereocenters. The molecule has 2 bridgehead atoms. The molecule has 0 aromatic heterocycles. The smallest absolute Gasteiger partial charge is 0.0924 e. The molecule has 3 atom stereocenters. The molecular formula is C19H28O2. The van der Waals surface area contributed by atoms with Gasteiger partial charge in [0.25, 0.3) is 0 Å². The van der Waals surface area contributed by atoms with Crippen LogP contribution < -0.4 is 0 Å². The van der Waals surface area contributed by atoms with E-state index in [0.29, 0.717) is 12.5 Å². The SMILES string of the molecule is Cc1cccc(C)c1COC1CC2(C(C)C)CCC1(C)O2. The Morgan fingerprint density at radius 2 is 1.90 bits per heavy atom. The fraction of sp³-hybridized carbons (Fsp3) is 0.684. The molecule has 116 valence electrons. The lowest BCUT2D eigenvalue weighted by atomic mass is 9.75. The van der Waals surface area contributed by atoms with Crippen LogP contribution in [-0.4, -0.2) is 17.3 Å². The van der Waals surface area contributed by atoms with Crippen molar-refractivity contribution in [2.24, 2.45) is 5.92 Å². The normalized spacial score (nSPS) is 34.9. The van der Waals surface area contributed by atoms with Crippen LogP contribution in [0.3, 0.4) is 0 Å². The largest absolute Gasteiger partial charge is 0.370 e. The Hall–Kier alpha value is -0.860. The summed E-state index contributed by atoms with van der Waals surface area (Å²) in [5, 5.41) is 0. The summed E-state index contributed by atoms with van der Waals surface area (Å²) < 4.78 is 12.8. The Bertz CT molecular complexity index is 516. The van der Waals surface area contributed by atoms with Crippen LogP contribution in [0, 0.1) is 19.8 Å². The summed E-state index contributed by atoms with van der Waals surface area (Å²) in [5.74, 6) is 0.563. The molecule has 3 rings (SSSR count). The van der Waals surface area contributed by atoms with Gasteiger partial charge in [0.2, 0.25) is 0 Å². The molecule has 21 heavy (non-hydrogen) atoms. The highest BCUT2D eigenvalue weighted by Gasteiger charge is 2.60. The maximum atomic E-state index is 6.45. The molecule has 0 amide bonds. The number of rotatable bonds is 4. The number of ether oxygens (including phenoxy) is 2. The van der Waals surface area contributed by atoms with Crippen molar-refractivity contribution in [3.63, 3.8) is 0 Å². The van der Waals surface area contributed by atoms with Crippen molar-refractivity contribution in [3.05, 3.63) is 34.9 Å². The highest BCUT2D eigenvalue weighted by molar-refractivity contribution is 5.32. The van der Waals surface area contributed by atoms with Gasteiger partial charge in [0.1, 0.15) is 0 Å². The van der Waals surface area contributed by atoms with Crippen LogP contribution in [0.1, 0.15) is 56.7 Å². The molecule has 1 aromatic carbocycles. The van der Waals surface area contributed by atoms with Gasteiger partial charge < -0.3 is 9.47 Å². The highest BCUT2D eigenvalue weighted by atomic mass is 16.6. The summed E-state index contributed by atoms with van der Waals surface area (Å²) in [6, 6.07) is 6.45. The maximum absolute atomic E-state index is 6.45. The Morgan fingerprint density at radius 3 is 2.48 bits per heavy atom. The van der Waals surface area contributed by atoms with E-state index in [0.717, 1.165) is 12.8 Å². The first-order chi connectivity index (χ1) is 9.86. The molecule has 0 aliphatic carbocycles. The molecule has 2 heteroatoms. The van der Waals surface area contributed by atoms with Gasteiger partial charge in [-0.25, -0.2) is 0 Å². The Kier molecular flexibility index (Phi) is 3.66. The summed E-state index contributed by atoms with van der Waals surface area (Å²) in [7, 11) is 0. The van der Waals surface area contributed by atoms with E-state index in [1.165, 1.54) is 23.1 Å². The first-order valence-electron chi connectivity index (χ1n) is 8.23. The first kappa shape index (κ1) is 15.1. The number of hydrogen-bond acceptors (Lipinski definition) is 2. The number of benzene rings is 1. The van der Waals surface area contributed by atoms with E-state index in [1.807, 2.05) is 0 Å². The van der Waals surface area contributed by atoms with E-state index >= 15 is 0 Å². The van der Waals surface area contributed by atoms with Gasteiger partial charge in [-0.2, -0.15) is 0 Å². The third-order valence-electron chi connectivity index (χ3n) is 5.82. The zero-order valence-electron chi connectivity index (χ0n) is 14.0. The summed E-state index contributed by atoms with van der Waals surface area (Å²) in [6.45, 7) is 11.8. The molecule has 0 spiro atoms. The standard InChI is InChI=1S/C19H28O2/c1-13(2)19-10-9-18(5,21-19)17(11-19)20-12-16-14(3)7-6-8-15(16)4/h6-8,13,17H,9-12H2,1-5H3. The van der Waals surface area contributed by atoms with Gasteiger partial charge >= 0.3 is 0 Å². The zero-order chi connectivity index (χ0) is 15.3. The van der Waals surface area contributed by atoms with Crippen LogP contribution in [0.5, 0.6) is 0 Å². The van der Waals surface area contributed by atoms with Gasteiger partial charge in [-0.3, -0.25) is 0 Å². The molecule has 2 saturated heterocycles. The van der Waals surface area contributed by atoms with Gasteiger partial charge in [0.05, 0.1) is 23.9 Å². The van der Waals surface area contributed by atoms with Crippen LogP contribution in [0.15, 0.2) is 18.2 Å². The van der Waals surface area contributed by atoms with Crippen LogP contribution in [0.4, 0.5) is 0 Å². The van der Waals surface area contributed by atoms with Crippen molar-refractivity contribution in [1.82, 2.24) is 0 Å². The first-order valence-corrected chi connectivity index (χ1v) is 8.23. The van der Waals surface area contributed by atoms with Gasteiger partial charge in [-0.15, -0.1) is 0 Å². The third-order valence-corrected chi connectivity index (χ3v) is 5.82. The van der Waals surface area contributed by atoms with Crippen molar-refractivity contribution in [3.8, 4) is 0 Å². The topological polar surface area (TPSA) is 18.5 Å². The number of fused-ring (bicyclic) bond motifs is 2. The van der Waals surface area contributed by atoms with Gasteiger partial charge in [0, 0.05) is 6.42 Å². The molecule has 0 radical (unpaired) electrons. The summed E-state index contributed by atoms with van der Waals surface area (Å²) in [4.78, 5) is 0. The molecule has 0 saturated carbocycles. The second-order valence-electron chi connectivity index (χ2n) is 7.51. The molecule has 2 aliphatic heterocycles. The molecular weight excluding hydrogens is 260 g/mol. The van der Waals surface area contributed by atoms with Crippen molar-refractivity contribution in [2.45, 2.75) is 77.8 Å². The minimum Gasteiger partial charge on any atom is -0.370 e. The molecule has 0 N–H and O–H groups in total. The number of hydrogen-bond donors (Lipinski definition) is 0. The van der Waals surface area contributed by atoms with E-state index in [9.17, 15) is 0 Å². The van der Waals surface area contributed by atoms with E-state index < -0.39 is 0 Å². The lowest BCUT2D eigenvalue weighted by Gasteiger charge is -2.31. The Balaban J connectivity index is 1.73. The Labute approximate surface area is 128 Å². The van der Waals surface area contributed by atoms with Crippen molar-refractivity contribution in [1.29, 1.82) is 0 Å². The average molecular weight is 288 g/mol. The lowest BCUT2D eigenvalue weighted by Crippen LogP contribution is -2.38. The zero-order valence-corrected chi connectivity index (χ0v) is 14.0. The van der Waals surface area contributed by atoms with Crippen LogP contribution >= 0.6 is 0 Å². The van der Waals surface area contributed by atoms with E-state index in [-0.39, 0.29) is 17.3 Å². The minimum absolute atomic E-state index is 0.0557. The summed E-state index contributed by atoms with van der Waals surface area (Å²) in [6.07, 6.45) is 3.59. The maximum Gasteiger partial charge on any atom is 0.0924 e. The second kappa shape index (κ2) is 5.10. The third kappa shape index (κ3) is 2.43. The summed E-state index contributed by atoms with van der Waals surface area (Å²) >= 11 is 0. The van der Waals surface area contributed by atoms with Crippen LogP contribution in [-0.2, 0) is 16.1 Å². The molecule has 2 fully saturated rings. The predicted molar refractivity (Wildman–Crippen MR) is 85.4 cm³/mol. The van der Waals surface area contributed by atoms with Gasteiger partial charge in [-0.1, -0.05) is 32.0 Å². The summed E-state index contributed by atoms with van der Waals surface area (Å²) in [5.41, 5.74) is 3.95. The highest BCUT2D eigenvalue weighted by Crippen LogP contribution is 2.55. The Morgan fingerprint density at radius 1 is 1.24 bits per heavy atom. The van der Waals surface area contributed by atoms with Gasteiger partial charge in [-0.05, 0) is 56.2 Å². The van der Waals surface area contributed by atoms with Crippen molar-refractivity contribution >= 4 is 0 Å². The second-order valence-corrected chi connectivity index (χ2v) is 7.51. The molecule has 2 heterocycles. The fourth-order valence-electron chi connectivity index (χ4n) is 4.06. The molecule has 2 aliphatic rings. The van der Waals surface area contributed by atoms with Crippen LogP contribution in [0.25, 0.3) is 0 Å². The number of aryl methyl sites for hydroxylation is 2. The molecule has 2 nitrogen and oxygen atoms in total. The predicted octanol–water partition coefficient (Wildman–Crippen LogP) is 4.56. The van der Waals surface area contributed by atoms with E-state index in [1.54, 1.807) is 0 Å². The minimum atomic E-state index is -0.0825. The van der Waals surface area contributed by atoms with E-state index in [2.05, 4.69) is 52.8 Å². The average Bonchev–Trinajstić information content (AvgIpc) is 2.90. The monoisotopic (exact) mass is 288 g/mol. The van der Waals surface area contributed by atoms with E-state index in [4.69, 9.17) is 9.47 Å². The van der Waals surface area contributed by atoms with Crippen LogP contribution in [0.2, 0.25) is 0 Å². The lowest BCUT2D eigenvalue weighted by molar-refractivity contribution is -0.0960. The quantitative estimate of drug-likeness (QED) is 0.809. The van der Waals surface area contributed by atoms with Crippen molar-refractivity contribution < 1.29 is 9.47 Å². The van der Waals surface area contributed by atoms with Crippen molar-refractivity contribution in [2.75, 3.05) is 0 Å². The van der Waals surface area contributed by atoms with Gasteiger partial charge in [0.15, 0.2) is 0 Å². The molecule has 1 aromatic rings. The fourth-order valence-corrected chi connectivity index (χ4v) is 4.06.